The highest BCUT2D eigenvalue weighted by molar-refractivity contribution is 6.30. The number of halogens is 4. The van der Waals surface area contributed by atoms with Gasteiger partial charge in [0.05, 0.1) is 5.56 Å². The molecule has 3 rings (SSSR count). The molecule has 0 unspecified atom stereocenters. The summed E-state index contributed by atoms with van der Waals surface area (Å²) >= 11 is 5.46. The van der Waals surface area contributed by atoms with E-state index in [9.17, 15) is 13.2 Å². The lowest BCUT2D eigenvalue weighted by Gasteiger charge is -2.06. The zero-order valence-corrected chi connectivity index (χ0v) is 16.3. The zero-order chi connectivity index (χ0) is 20.1. The highest BCUT2D eigenvalue weighted by Crippen LogP contribution is 2.24. The van der Waals surface area contributed by atoms with Crippen molar-refractivity contribution >= 4 is 22.4 Å². The molecule has 0 aliphatic rings. The molecule has 0 N–H and O–H groups in total. The molecule has 0 fully saturated rings. The number of fused-ring (bicyclic) bond motifs is 1. The average Bonchev–Trinajstić information content (AvgIpc) is 2.69. The maximum absolute atomic E-state index is 14.8. The molecule has 0 nitrogen and oxygen atoms in total. The van der Waals surface area contributed by atoms with E-state index in [1.54, 1.807) is 12.1 Å². The van der Waals surface area contributed by atoms with E-state index in [0.717, 1.165) is 30.4 Å². The van der Waals surface area contributed by atoms with Gasteiger partial charge in [0.15, 0.2) is 0 Å². The molecular weight excluding hydrogens is 381 g/mol. The van der Waals surface area contributed by atoms with Gasteiger partial charge in [-0.1, -0.05) is 73.9 Å². The summed E-state index contributed by atoms with van der Waals surface area (Å²) in [6.45, 7) is 2.18. The first-order chi connectivity index (χ1) is 13.5. The van der Waals surface area contributed by atoms with Crippen LogP contribution in [0.1, 0.15) is 49.3 Å². The van der Waals surface area contributed by atoms with E-state index in [4.69, 9.17) is 11.6 Å². The molecular formula is C24H20ClF3. The Hall–Kier alpha value is -2.44. The van der Waals surface area contributed by atoms with Crippen molar-refractivity contribution in [3.63, 3.8) is 0 Å². The summed E-state index contributed by atoms with van der Waals surface area (Å²) in [5.74, 6) is 3.04. The van der Waals surface area contributed by atoms with Gasteiger partial charge in [-0.3, -0.25) is 0 Å². The maximum Gasteiger partial charge on any atom is 0.146 e. The van der Waals surface area contributed by atoms with Crippen LogP contribution < -0.4 is 0 Å². The molecule has 0 bridgehead atoms. The summed E-state index contributed by atoms with van der Waals surface area (Å²) in [4.78, 5) is 0. The molecule has 0 saturated carbocycles. The maximum atomic E-state index is 14.8. The lowest BCUT2D eigenvalue weighted by atomic mass is 10.00. The van der Waals surface area contributed by atoms with Crippen molar-refractivity contribution in [1.82, 2.24) is 0 Å². The van der Waals surface area contributed by atoms with Gasteiger partial charge >= 0.3 is 0 Å². The van der Waals surface area contributed by atoms with Gasteiger partial charge in [0.2, 0.25) is 0 Å². The van der Waals surface area contributed by atoms with Gasteiger partial charge in [-0.05, 0) is 42.0 Å². The Kier molecular flexibility index (Phi) is 6.65. The first-order valence-electron chi connectivity index (χ1n) is 9.37. The SMILES string of the molecule is CCCCCCc1ccc2c(F)c(C#Cc3cc(F)c(Cl)c(F)c3)ccc2c1. The monoisotopic (exact) mass is 400 g/mol. The molecule has 0 spiro atoms. The van der Waals surface area contributed by atoms with E-state index >= 15 is 0 Å². The first kappa shape index (κ1) is 20.3. The summed E-state index contributed by atoms with van der Waals surface area (Å²) in [6, 6.07) is 11.2. The minimum absolute atomic E-state index is 0.0984. The standard InChI is InChI=1S/C24H20ClF3/c1-2-3-4-5-6-16-8-12-20-19(13-16)11-10-18(24(20)28)9-7-17-14-21(26)23(25)22(27)15-17/h8,10-15H,2-6H2,1H3. The topological polar surface area (TPSA) is 0 Å². The van der Waals surface area contributed by atoms with Gasteiger partial charge in [-0.25, -0.2) is 13.2 Å². The Labute approximate surface area is 168 Å². The van der Waals surface area contributed by atoms with Gasteiger partial charge in [0.25, 0.3) is 0 Å². The Bertz CT molecular complexity index is 1040. The highest BCUT2D eigenvalue weighted by atomic mass is 35.5. The van der Waals surface area contributed by atoms with Gasteiger partial charge in [0.1, 0.15) is 22.5 Å². The first-order valence-corrected chi connectivity index (χ1v) is 9.75. The molecule has 0 amide bonds. The lowest BCUT2D eigenvalue weighted by Crippen LogP contribution is -1.91. The fraction of sp³-hybridized carbons (Fsp3) is 0.250. The van der Waals surface area contributed by atoms with Crippen molar-refractivity contribution in [2.45, 2.75) is 39.0 Å². The molecule has 144 valence electrons. The summed E-state index contributed by atoms with van der Waals surface area (Å²) in [7, 11) is 0. The van der Waals surface area contributed by atoms with Gasteiger partial charge in [0, 0.05) is 10.9 Å². The third-order valence-electron chi connectivity index (χ3n) is 4.66. The number of unbranched alkanes of at least 4 members (excludes halogenated alkanes) is 3. The van der Waals surface area contributed by atoms with E-state index in [1.807, 2.05) is 18.2 Å². The van der Waals surface area contributed by atoms with Crippen LogP contribution in [0, 0.1) is 29.3 Å². The van der Waals surface area contributed by atoms with Gasteiger partial charge in [-0.15, -0.1) is 0 Å². The molecule has 0 saturated heterocycles. The molecule has 0 aliphatic heterocycles. The quantitative estimate of drug-likeness (QED) is 0.237. The number of benzene rings is 3. The zero-order valence-electron chi connectivity index (χ0n) is 15.6. The Morgan fingerprint density at radius 3 is 2.32 bits per heavy atom. The van der Waals surface area contributed by atoms with Crippen molar-refractivity contribution < 1.29 is 13.2 Å². The molecule has 0 heterocycles. The van der Waals surface area contributed by atoms with Crippen LogP contribution in [0.25, 0.3) is 10.8 Å². The second-order valence-electron chi connectivity index (χ2n) is 6.80. The van der Waals surface area contributed by atoms with Gasteiger partial charge < -0.3 is 0 Å². The molecule has 0 atom stereocenters. The van der Waals surface area contributed by atoms with Crippen LogP contribution in [0.4, 0.5) is 13.2 Å². The second-order valence-corrected chi connectivity index (χ2v) is 7.18. The van der Waals surface area contributed by atoms with E-state index < -0.39 is 22.5 Å². The van der Waals surface area contributed by atoms with E-state index in [2.05, 4.69) is 18.8 Å². The third kappa shape index (κ3) is 4.69. The third-order valence-corrected chi connectivity index (χ3v) is 5.02. The number of hydrogen-bond donors (Lipinski definition) is 0. The van der Waals surface area contributed by atoms with Crippen LogP contribution in [-0.2, 0) is 6.42 Å². The number of rotatable bonds is 5. The molecule has 28 heavy (non-hydrogen) atoms. The summed E-state index contributed by atoms with van der Waals surface area (Å²) in [6.07, 6.45) is 5.73. The van der Waals surface area contributed by atoms with Crippen LogP contribution in [0.5, 0.6) is 0 Å². The normalized spacial score (nSPS) is 10.8. The van der Waals surface area contributed by atoms with Crippen molar-refractivity contribution in [3.8, 4) is 11.8 Å². The molecule has 3 aromatic carbocycles. The summed E-state index contributed by atoms with van der Waals surface area (Å²) in [5.41, 5.74) is 1.47. The Morgan fingerprint density at radius 1 is 0.857 bits per heavy atom. The minimum Gasteiger partial charge on any atom is -0.205 e. The van der Waals surface area contributed by atoms with Crippen LogP contribution in [0.15, 0.2) is 42.5 Å². The van der Waals surface area contributed by atoms with Crippen LogP contribution >= 0.6 is 11.6 Å². The van der Waals surface area contributed by atoms with Crippen molar-refractivity contribution in [2.75, 3.05) is 0 Å². The smallest absolute Gasteiger partial charge is 0.146 e. The number of hydrogen-bond acceptors (Lipinski definition) is 0. The molecule has 3 aromatic rings. The summed E-state index contributed by atoms with van der Waals surface area (Å²) in [5, 5.41) is 0.727. The second kappa shape index (κ2) is 9.17. The van der Waals surface area contributed by atoms with Crippen molar-refractivity contribution in [3.05, 3.63) is 81.6 Å². The average molecular weight is 401 g/mol. The van der Waals surface area contributed by atoms with E-state index in [-0.39, 0.29) is 11.1 Å². The number of aryl methyl sites for hydroxylation is 1. The predicted octanol–water partition coefficient (Wildman–Crippen LogP) is 7.43. The van der Waals surface area contributed by atoms with Gasteiger partial charge in [-0.2, -0.15) is 0 Å². The van der Waals surface area contributed by atoms with Crippen LogP contribution in [0.2, 0.25) is 5.02 Å². The lowest BCUT2D eigenvalue weighted by molar-refractivity contribution is 0.583. The van der Waals surface area contributed by atoms with Crippen LogP contribution in [0.3, 0.4) is 0 Å². The highest BCUT2D eigenvalue weighted by Gasteiger charge is 2.09. The molecule has 0 radical (unpaired) electrons. The van der Waals surface area contributed by atoms with E-state index in [1.165, 1.54) is 24.8 Å². The Morgan fingerprint density at radius 2 is 1.61 bits per heavy atom. The predicted molar refractivity (Wildman–Crippen MR) is 109 cm³/mol. The Balaban J connectivity index is 1.85. The van der Waals surface area contributed by atoms with Crippen molar-refractivity contribution in [2.24, 2.45) is 0 Å². The largest absolute Gasteiger partial charge is 0.205 e. The fourth-order valence-electron chi connectivity index (χ4n) is 3.12. The minimum atomic E-state index is -0.892. The fourth-order valence-corrected chi connectivity index (χ4v) is 3.23. The van der Waals surface area contributed by atoms with Crippen molar-refractivity contribution in [1.29, 1.82) is 0 Å². The molecule has 0 aliphatic carbocycles. The molecule has 4 heteroatoms. The van der Waals surface area contributed by atoms with Crippen LogP contribution in [-0.4, -0.2) is 0 Å². The van der Waals surface area contributed by atoms with E-state index in [0.29, 0.717) is 5.39 Å². The molecule has 0 aromatic heterocycles. The summed E-state index contributed by atoms with van der Waals surface area (Å²) < 4.78 is 41.8.